The summed E-state index contributed by atoms with van der Waals surface area (Å²) < 4.78 is 48.2. The first kappa shape index (κ1) is 61.7. The number of carbonyl (C=O) groups is 10. The van der Waals surface area contributed by atoms with Crippen molar-refractivity contribution in [1.29, 1.82) is 0 Å². The maximum absolute atomic E-state index is 11.7. The fraction of sp³-hybridized carbons (Fsp3) is 0.522. The lowest BCUT2D eigenvalue weighted by molar-refractivity contribution is -0.157. The molecule has 0 aliphatic heterocycles. The molecule has 2 aromatic rings. The topological polar surface area (TPSA) is 263 Å². The summed E-state index contributed by atoms with van der Waals surface area (Å²) in [5.41, 5.74) is 1.62. The maximum Gasteiger partial charge on any atom is 0.338 e. The van der Waals surface area contributed by atoms with E-state index in [-0.39, 0.29) is 93.7 Å². The smallest absolute Gasteiger partial charge is 0.338 e. The largest absolute Gasteiger partial charge is 0.463 e. The van der Waals surface area contributed by atoms with E-state index in [0.717, 1.165) is 0 Å². The first-order valence-electron chi connectivity index (χ1n) is 20.5. The van der Waals surface area contributed by atoms with Gasteiger partial charge in [0.1, 0.15) is 56.8 Å². The zero-order valence-electron chi connectivity index (χ0n) is 39.4. The molecule has 0 aliphatic carbocycles. The molecule has 0 radical (unpaired) electrons. The van der Waals surface area contributed by atoms with Gasteiger partial charge in [0.15, 0.2) is 5.78 Å². The highest BCUT2D eigenvalue weighted by atomic mass is 16.6. The molecule has 2 aromatic carbocycles. The van der Waals surface area contributed by atoms with E-state index < -0.39 is 41.9 Å². The van der Waals surface area contributed by atoms with Crippen LogP contribution in [0, 0.1) is 0 Å². The van der Waals surface area contributed by atoms with Crippen LogP contribution in [0.1, 0.15) is 116 Å². The second-order valence-corrected chi connectivity index (χ2v) is 13.7. The molecule has 0 spiro atoms. The van der Waals surface area contributed by atoms with Crippen LogP contribution in [0.4, 0.5) is 0 Å². The number of carbonyl (C=O) groups excluding carboxylic acids is 10. The monoisotopic (exact) mass is 936 g/mol. The van der Waals surface area contributed by atoms with E-state index in [2.05, 4.69) is 14.2 Å². The van der Waals surface area contributed by atoms with E-state index in [1.165, 1.54) is 73.1 Å². The molecule has 0 heterocycles. The number of ketones is 3. The number of benzene rings is 2. The van der Waals surface area contributed by atoms with E-state index in [4.69, 9.17) is 33.2 Å². The van der Waals surface area contributed by atoms with Crippen LogP contribution in [-0.4, -0.2) is 146 Å². The fourth-order valence-electron chi connectivity index (χ4n) is 4.23. The quantitative estimate of drug-likeness (QED) is 0.0566. The van der Waals surface area contributed by atoms with Gasteiger partial charge < -0.3 is 57.0 Å². The molecule has 0 bridgehead atoms. The Hall–Kier alpha value is -6.38. The van der Waals surface area contributed by atoms with Gasteiger partial charge in [-0.2, -0.15) is 0 Å². The van der Waals surface area contributed by atoms with Gasteiger partial charge in [-0.05, 0) is 71.0 Å². The molecule has 368 valence electrons. The molecule has 0 aliphatic rings. The zero-order chi connectivity index (χ0) is 50.5. The number of esters is 7. The zero-order valence-corrected chi connectivity index (χ0v) is 39.4. The van der Waals surface area contributed by atoms with E-state index >= 15 is 0 Å². The number of methoxy groups -OCH3 is 3. The molecule has 66 heavy (non-hydrogen) atoms. The fourth-order valence-corrected chi connectivity index (χ4v) is 4.23. The molecule has 0 saturated carbocycles. The highest BCUT2D eigenvalue weighted by molar-refractivity contribution is 5.96. The minimum absolute atomic E-state index is 0.00121. The molecular weight excluding hydrogens is 872 g/mol. The second kappa shape index (κ2) is 37.9. The number of hydrogen-bond donors (Lipinski definition) is 0. The summed E-state index contributed by atoms with van der Waals surface area (Å²) in [6.45, 7) is 11.8. The van der Waals surface area contributed by atoms with E-state index in [1.54, 1.807) is 45.2 Å². The van der Waals surface area contributed by atoms with Crippen molar-refractivity contribution in [2.75, 3.05) is 74.2 Å². The average molecular weight is 937 g/mol. The average Bonchev–Trinajstić information content (AvgIpc) is 3.26. The normalized spacial score (nSPS) is 10.8. The van der Waals surface area contributed by atoms with E-state index in [0.29, 0.717) is 36.5 Å². The van der Waals surface area contributed by atoms with Crippen LogP contribution in [0.3, 0.4) is 0 Å². The van der Waals surface area contributed by atoms with Gasteiger partial charge in [0.05, 0.1) is 49.4 Å². The lowest BCUT2D eigenvalue weighted by Gasteiger charge is -2.12. The van der Waals surface area contributed by atoms with Crippen LogP contribution >= 0.6 is 0 Å². The van der Waals surface area contributed by atoms with Gasteiger partial charge in [0.25, 0.3) is 0 Å². The Morgan fingerprint density at radius 2 is 0.773 bits per heavy atom. The molecule has 0 saturated heterocycles. The summed E-state index contributed by atoms with van der Waals surface area (Å²) in [6.07, 6.45) is -0.0997. The molecule has 0 fully saturated rings. The predicted octanol–water partition coefficient (Wildman–Crippen LogP) is 4.69. The van der Waals surface area contributed by atoms with Crippen LogP contribution in [-0.2, 0) is 76.1 Å². The molecule has 2 unspecified atom stereocenters. The SMILES string of the molecule is CC(=O)CCC(=O)OC(C)COC(C)=O.COCC(C)OC(=O)c1ccc(C(C)=O)cc1.COCCOC(=O)CCC(C)=O.COCCOC(=O)c1ccc(C(=O)OCCOC(C)=O)cc1. The summed E-state index contributed by atoms with van der Waals surface area (Å²) in [4.78, 5) is 110. The molecule has 0 N–H and O–H groups in total. The Morgan fingerprint density at radius 1 is 0.394 bits per heavy atom. The second-order valence-electron chi connectivity index (χ2n) is 13.7. The van der Waals surface area contributed by atoms with Crippen molar-refractivity contribution in [1.82, 2.24) is 0 Å². The predicted molar refractivity (Wildman–Crippen MR) is 234 cm³/mol. The Morgan fingerprint density at radius 3 is 1.18 bits per heavy atom. The summed E-state index contributed by atoms with van der Waals surface area (Å²) in [5, 5.41) is 0. The third kappa shape index (κ3) is 35.0. The highest BCUT2D eigenvalue weighted by Gasteiger charge is 2.14. The van der Waals surface area contributed by atoms with Gasteiger partial charge in [-0.25, -0.2) is 14.4 Å². The van der Waals surface area contributed by atoms with Crippen molar-refractivity contribution in [3.05, 3.63) is 70.8 Å². The first-order chi connectivity index (χ1) is 31.2. The highest BCUT2D eigenvalue weighted by Crippen LogP contribution is 2.09. The number of hydrogen-bond acceptors (Lipinski definition) is 20. The summed E-state index contributed by atoms with van der Waals surface area (Å²) >= 11 is 0. The van der Waals surface area contributed by atoms with Crippen molar-refractivity contribution in [3.63, 3.8) is 0 Å². The van der Waals surface area contributed by atoms with Crippen LogP contribution in [0.5, 0.6) is 0 Å². The number of ether oxygens (including phenoxy) is 10. The minimum Gasteiger partial charge on any atom is -0.463 e. The molecule has 2 atom stereocenters. The lowest BCUT2D eigenvalue weighted by atomic mass is 10.1. The van der Waals surface area contributed by atoms with Crippen LogP contribution < -0.4 is 0 Å². The third-order valence-electron chi connectivity index (χ3n) is 7.50. The van der Waals surface area contributed by atoms with Crippen molar-refractivity contribution >= 4 is 59.1 Å². The molecule has 2 rings (SSSR count). The standard InChI is InChI=1S/C15H18O7.C13H16O4.C10H16O5.C8H14O4/c1-11(16)20-9-10-22-15(18)13-5-3-12(4-6-13)14(17)21-8-7-19-2;1-9(8-16-3)17-13(15)12-6-4-11(5-7-12)10(2)14;1-7(11)4-5-10(13)15-8(2)6-14-9(3)12;1-7(9)3-4-8(10)12-6-5-11-2/h3-6H,7-10H2,1-2H3;4-7,9H,8H2,1-3H3;8H,4-6H2,1-3H3;3-6H2,1-2H3. The lowest BCUT2D eigenvalue weighted by Crippen LogP contribution is -2.21. The van der Waals surface area contributed by atoms with Crippen molar-refractivity contribution in [2.24, 2.45) is 0 Å². The number of rotatable bonds is 25. The van der Waals surface area contributed by atoms with Gasteiger partial charge >= 0.3 is 41.8 Å². The summed E-state index contributed by atoms with van der Waals surface area (Å²) in [7, 11) is 4.59. The molecule has 0 amide bonds. The third-order valence-corrected chi connectivity index (χ3v) is 7.50. The van der Waals surface area contributed by atoms with E-state index in [9.17, 15) is 47.9 Å². The van der Waals surface area contributed by atoms with Crippen molar-refractivity contribution < 1.29 is 95.3 Å². The Labute approximate surface area is 385 Å². The summed E-state index contributed by atoms with van der Waals surface area (Å²) in [5.74, 6) is -3.21. The molecular formula is C46H64O20. The Balaban J connectivity index is 0. The van der Waals surface area contributed by atoms with Crippen molar-refractivity contribution in [2.45, 2.75) is 86.4 Å². The van der Waals surface area contributed by atoms with Gasteiger partial charge in [-0.1, -0.05) is 12.1 Å². The Bertz CT molecular complexity index is 1800. The molecule has 0 aromatic heterocycles. The van der Waals surface area contributed by atoms with Crippen molar-refractivity contribution in [3.8, 4) is 0 Å². The molecule has 20 nitrogen and oxygen atoms in total. The molecule has 20 heteroatoms. The first-order valence-corrected chi connectivity index (χ1v) is 20.5. The van der Waals surface area contributed by atoms with Gasteiger partial charge in [-0.15, -0.1) is 0 Å². The maximum atomic E-state index is 11.7. The van der Waals surface area contributed by atoms with Crippen LogP contribution in [0.2, 0.25) is 0 Å². The van der Waals surface area contributed by atoms with Crippen LogP contribution in [0.15, 0.2) is 48.5 Å². The minimum atomic E-state index is -0.563. The Kier molecular flexibility index (Phi) is 35.5. The van der Waals surface area contributed by atoms with E-state index in [1.807, 2.05) is 0 Å². The van der Waals surface area contributed by atoms with Gasteiger partial charge in [0, 0.05) is 53.6 Å². The summed E-state index contributed by atoms with van der Waals surface area (Å²) in [6, 6.07) is 12.2. The van der Waals surface area contributed by atoms with Gasteiger partial charge in [-0.3, -0.25) is 24.0 Å². The number of Topliss-reactive ketones (excluding diaryl/α,β-unsaturated/α-hetero) is 3. The van der Waals surface area contributed by atoms with Crippen LogP contribution in [0.25, 0.3) is 0 Å². The van der Waals surface area contributed by atoms with Gasteiger partial charge in [0.2, 0.25) is 0 Å².